The van der Waals surface area contributed by atoms with E-state index in [2.05, 4.69) is 31.9 Å². The minimum atomic E-state index is -0.738. The second-order valence-corrected chi connectivity index (χ2v) is 5.54. The summed E-state index contributed by atoms with van der Waals surface area (Å²) in [4.78, 5) is 0. The second-order valence-electron chi connectivity index (χ2n) is 3.77. The van der Waals surface area contributed by atoms with Gasteiger partial charge in [0.05, 0.1) is 5.60 Å². The van der Waals surface area contributed by atoms with Crippen LogP contribution >= 0.6 is 31.9 Å². The van der Waals surface area contributed by atoms with Crippen LogP contribution < -0.4 is 0 Å². The van der Waals surface area contributed by atoms with Crippen molar-refractivity contribution >= 4 is 31.9 Å². The molecule has 0 radical (unpaired) electrons. The summed E-state index contributed by atoms with van der Waals surface area (Å²) >= 11 is 6.89. The first-order chi connectivity index (χ1) is 7.12. The zero-order valence-electron chi connectivity index (χ0n) is 8.17. The van der Waals surface area contributed by atoms with Crippen LogP contribution in [-0.2, 0) is 10.3 Å². The molecule has 0 atom stereocenters. The molecule has 4 heteroatoms. The molecule has 1 fully saturated rings. The Hall–Kier alpha value is 0.1000. The summed E-state index contributed by atoms with van der Waals surface area (Å²) in [6.45, 7) is 1.25. The largest absolute Gasteiger partial charge is 0.385 e. The van der Waals surface area contributed by atoms with Crippen molar-refractivity contribution in [2.75, 3.05) is 13.2 Å². The number of halogens is 2. The van der Waals surface area contributed by atoms with Crippen molar-refractivity contribution in [1.82, 2.24) is 0 Å². The topological polar surface area (TPSA) is 29.5 Å². The second kappa shape index (κ2) is 4.53. The third kappa shape index (κ3) is 2.44. The molecule has 1 aliphatic rings. The smallest absolute Gasteiger partial charge is 0.0951 e. The summed E-state index contributed by atoms with van der Waals surface area (Å²) in [7, 11) is 0. The molecule has 2 rings (SSSR count). The maximum atomic E-state index is 10.5. The van der Waals surface area contributed by atoms with Gasteiger partial charge in [0, 0.05) is 35.0 Å². The van der Waals surface area contributed by atoms with E-state index in [9.17, 15) is 5.11 Å². The predicted octanol–water partition coefficient (Wildman–Crippen LogP) is 3.21. The van der Waals surface area contributed by atoms with Crippen LogP contribution in [0.5, 0.6) is 0 Å². The Bertz CT molecular complexity index is 360. The normalized spacial score (nSPS) is 20.2. The van der Waals surface area contributed by atoms with Crippen LogP contribution in [0.4, 0.5) is 0 Å². The van der Waals surface area contributed by atoms with Gasteiger partial charge in [0.15, 0.2) is 0 Å². The molecule has 1 aromatic rings. The van der Waals surface area contributed by atoms with Crippen molar-refractivity contribution in [2.24, 2.45) is 0 Å². The molecule has 1 heterocycles. The first kappa shape index (κ1) is 11.6. The molecule has 1 aliphatic heterocycles. The molecule has 0 aromatic heterocycles. The fourth-order valence-corrected chi connectivity index (χ4v) is 3.26. The lowest BCUT2D eigenvalue weighted by atomic mass is 9.86. The highest BCUT2D eigenvalue weighted by Crippen LogP contribution is 2.37. The molecule has 1 saturated heterocycles. The number of hydrogen-bond donors (Lipinski definition) is 1. The van der Waals surface area contributed by atoms with E-state index in [1.807, 2.05) is 18.2 Å². The lowest BCUT2D eigenvalue weighted by Gasteiger charge is -2.33. The van der Waals surface area contributed by atoms with Gasteiger partial charge in [-0.2, -0.15) is 0 Å². The van der Waals surface area contributed by atoms with Crippen LogP contribution in [0, 0.1) is 0 Å². The number of rotatable bonds is 1. The lowest BCUT2D eigenvalue weighted by Crippen LogP contribution is -2.33. The molecule has 0 amide bonds. The average Bonchev–Trinajstić information content (AvgIpc) is 2.18. The van der Waals surface area contributed by atoms with Gasteiger partial charge >= 0.3 is 0 Å². The van der Waals surface area contributed by atoms with Crippen molar-refractivity contribution in [3.05, 3.63) is 32.7 Å². The van der Waals surface area contributed by atoms with Crippen LogP contribution in [0.1, 0.15) is 18.4 Å². The molecular formula is C11H12Br2O2. The van der Waals surface area contributed by atoms with Crippen LogP contribution in [-0.4, -0.2) is 18.3 Å². The van der Waals surface area contributed by atoms with Gasteiger partial charge in [0.2, 0.25) is 0 Å². The van der Waals surface area contributed by atoms with Gasteiger partial charge in [-0.25, -0.2) is 0 Å². The zero-order chi connectivity index (χ0) is 10.9. The van der Waals surface area contributed by atoms with E-state index in [0.717, 1.165) is 14.5 Å². The molecule has 2 nitrogen and oxygen atoms in total. The van der Waals surface area contributed by atoms with Crippen LogP contribution in [0.3, 0.4) is 0 Å². The van der Waals surface area contributed by atoms with Crippen molar-refractivity contribution in [3.63, 3.8) is 0 Å². The molecule has 0 spiro atoms. The molecule has 0 saturated carbocycles. The summed E-state index contributed by atoms with van der Waals surface area (Å²) < 4.78 is 7.22. The molecule has 15 heavy (non-hydrogen) atoms. The minimum absolute atomic E-state index is 0.624. The Morgan fingerprint density at radius 3 is 2.47 bits per heavy atom. The van der Waals surface area contributed by atoms with E-state index in [1.54, 1.807) is 0 Å². The lowest BCUT2D eigenvalue weighted by molar-refractivity contribution is -0.0683. The Morgan fingerprint density at radius 1 is 1.20 bits per heavy atom. The molecule has 0 unspecified atom stereocenters. The Kier molecular flexibility index (Phi) is 3.50. The highest BCUT2D eigenvalue weighted by molar-refractivity contribution is 9.11. The summed E-state index contributed by atoms with van der Waals surface area (Å²) in [6, 6.07) is 5.87. The molecular weight excluding hydrogens is 324 g/mol. The number of benzene rings is 1. The van der Waals surface area contributed by atoms with Gasteiger partial charge in [0.25, 0.3) is 0 Å². The van der Waals surface area contributed by atoms with E-state index in [1.165, 1.54) is 0 Å². The molecule has 0 bridgehead atoms. The van der Waals surface area contributed by atoms with Crippen molar-refractivity contribution in [2.45, 2.75) is 18.4 Å². The summed E-state index contributed by atoms with van der Waals surface area (Å²) in [6.07, 6.45) is 1.32. The van der Waals surface area contributed by atoms with E-state index in [0.29, 0.717) is 26.1 Å². The van der Waals surface area contributed by atoms with Gasteiger partial charge in [-0.15, -0.1) is 0 Å². The van der Waals surface area contributed by atoms with Crippen LogP contribution in [0.2, 0.25) is 0 Å². The Labute approximate surface area is 106 Å². The highest BCUT2D eigenvalue weighted by Gasteiger charge is 2.33. The standard InChI is InChI=1S/C11H12Br2O2/c12-8-1-2-9(10(13)7-8)11(14)3-5-15-6-4-11/h1-2,7,14H,3-6H2. The molecule has 1 aromatic carbocycles. The monoisotopic (exact) mass is 334 g/mol. The quantitative estimate of drug-likeness (QED) is 0.854. The predicted molar refractivity (Wildman–Crippen MR) is 65.8 cm³/mol. The highest BCUT2D eigenvalue weighted by atomic mass is 79.9. The fraction of sp³-hybridized carbons (Fsp3) is 0.455. The Balaban J connectivity index is 2.35. The maximum Gasteiger partial charge on any atom is 0.0951 e. The molecule has 1 N–H and O–H groups in total. The number of hydrogen-bond acceptors (Lipinski definition) is 2. The van der Waals surface area contributed by atoms with Crippen molar-refractivity contribution in [3.8, 4) is 0 Å². The first-order valence-electron chi connectivity index (χ1n) is 4.87. The van der Waals surface area contributed by atoms with Gasteiger partial charge in [-0.3, -0.25) is 0 Å². The first-order valence-corrected chi connectivity index (χ1v) is 6.46. The van der Waals surface area contributed by atoms with Crippen molar-refractivity contribution < 1.29 is 9.84 Å². The van der Waals surface area contributed by atoms with E-state index in [-0.39, 0.29) is 0 Å². The minimum Gasteiger partial charge on any atom is -0.385 e. The zero-order valence-corrected chi connectivity index (χ0v) is 11.3. The summed E-state index contributed by atoms with van der Waals surface area (Å²) in [5.74, 6) is 0. The SMILES string of the molecule is OC1(c2ccc(Br)cc2Br)CCOCC1. The Morgan fingerprint density at radius 2 is 1.87 bits per heavy atom. The number of aliphatic hydroxyl groups is 1. The van der Waals surface area contributed by atoms with Gasteiger partial charge < -0.3 is 9.84 Å². The summed E-state index contributed by atoms with van der Waals surface area (Å²) in [5, 5.41) is 10.5. The summed E-state index contributed by atoms with van der Waals surface area (Å²) in [5.41, 5.74) is 0.214. The van der Waals surface area contributed by atoms with Gasteiger partial charge in [0.1, 0.15) is 0 Å². The average molecular weight is 336 g/mol. The third-order valence-corrected chi connectivity index (χ3v) is 3.90. The van der Waals surface area contributed by atoms with Crippen molar-refractivity contribution in [1.29, 1.82) is 0 Å². The van der Waals surface area contributed by atoms with E-state index in [4.69, 9.17) is 4.74 Å². The van der Waals surface area contributed by atoms with Crippen LogP contribution in [0.25, 0.3) is 0 Å². The van der Waals surface area contributed by atoms with Gasteiger partial charge in [-0.1, -0.05) is 37.9 Å². The van der Waals surface area contributed by atoms with E-state index < -0.39 is 5.60 Å². The van der Waals surface area contributed by atoms with Crippen LogP contribution in [0.15, 0.2) is 27.1 Å². The van der Waals surface area contributed by atoms with Gasteiger partial charge in [-0.05, 0) is 17.7 Å². The fourth-order valence-electron chi connectivity index (χ4n) is 1.85. The maximum absolute atomic E-state index is 10.5. The third-order valence-electron chi connectivity index (χ3n) is 2.75. The van der Waals surface area contributed by atoms with E-state index >= 15 is 0 Å². The molecule has 0 aliphatic carbocycles. The molecule has 82 valence electrons. The number of ether oxygens (including phenoxy) is 1.